The molecule has 0 amide bonds. The lowest BCUT2D eigenvalue weighted by atomic mass is 9.77. The van der Waals surface area contributed by atoms with Crippen LogP contribution in [0.15, 0.2) is 35.4 Å². The van der Waals surface area contributed by atoms with E-state index in [2.05, 4.69) is 20.9 Å². The van der Waals surface area contributed by atoms with E-state index in [0.29, 0.717) is 52.4 Å². The van der Waals surface area contributed by atoms with Crippen LogP contribution < -0.4 is 15.2 Å². The molecule has 1 unspecified atom stereocenters. The van der Waals surface area contributed by atoms with Crippen LogP contribution >= 0.6 is 0 Å². The summed E-state index contributed by atoms with van der Waals surface area (Å²) in [5.74, 6) is 0.412. The molecule has 5 heterocycles. The van der Waals surface area contributed by atoms with Gasteiger partial charge in [0.25, 0.3) is 0 Å². The molecule has 2 aliphatic heterocycles. The first-order valence-electron chi connectivity index (χ1n) is 14.1. The molecule has 4 aromatic rings. The topological polar surface area (TPSA) is 98.2 Å². The first-order chi connectivity index (χ1) is 19.5. The third-order valence-electron chi connectivity index (χ3n) is 8.95. The summed E-state index contributed by atoms with van der Waals surface area (Å²) >= 11 is 0. The Kier molecular flexibility index (Phi) is 6.00. The molecule has 0 N–H and O–H groups in total. The van der Waals surface area contributed by atoms with E-state index in [4.69, 9.17) is 9.47 Å². The number of rotatable bonds is 6. The number of likely N-dealkylation sites (tertiary alicyclic amines) is 1. The van der Waals surface area contributed by atoms with Gasteiger partial charge in [0.1, 0.15) is 18.2 Å². The molecule has 2 fully saturated rings. The quantitative estimate of drug-likeness (QED) is 0.331. The van der Waals surface area contributed by atoms with E-state index in [-0.39, 0.29) is 11.7 Å². The zero-order valence-corrected chi connectivity index (χ0v) is 22.5. The van der Waals surface area contributed by atoms with Gasteiger partial charge in [0.05, 0.1) is 58.0 Å². The molecular weight excluding hydrogens is 511 g/mol. The second-order valence-corrected chi connectivity index (χ2v) is 11.3. The summed E-state index contributed by atoms with van der Waals surface area (Å²) in [5.41, 5.74) is 2.27. The van der Waals surface area contributed by atoms with E-state index in [9.17, 15) is 10.1 Å². The number of nitrogens with zero attached hydrogens (tertiary/aromatic N) is 6. The summed E-state index contributed by atoms with van der Waals surface area (Å²) in [5, 5.41) is 10.0. The Balaban J connectivity index is 1.19. The van der Waals surface area contributed by atoms with Gasteiger partial charge in [0.15, 0.2) is 0 Å². The van der Waals surface area contributed by atoms with Crippen LogP contribution in [-0.2, 0) is 12.6 Å². The van der Waals surface area contributed by atoms with E-state index in [1.165, 1.54) is 6.07 Å². The highest BCUT2D eigenvalue weighted by molar-refractivity contribution is 6.09. The van der Waals surface area contributed by atoms with Crippen molar-refractivity contribution in [3.8, 4) is 28.8 Å². The lowest BCUT2D eigenvalue weighted by Crippen LogP contribution is -2.50. The highest BCUT2D eigenvalue weighted by atomic mass is 19.1. The van der Waals surface area contributed by atoms with Gasteiger partial charge in [-0.05, 0) is 57.6 Å². The van der Waals surface area contributed by atoms with Crippen molar-refractivity contribution in [2.24, 2.45) is 7.05 Å². The third-order valence-corrected chi connectivity index (χ3v) is 8.95. The summed E-state index contributed by atoms with van der Waals surface area (Å²) in [7, 11) is 1.75. The zero-order valence-electron chi connectivity index (χ0n) is 22.5. The molecule has 3 aliphatic rings. The van der Waals surface area contributed by atoms with E-state index in [1.54, 1.807) is 36.1 Å². The van der Waals surface area contributed by atoms with E-state index < -0.39 is 11.4 Å². The van der Waals surface area contributed by atoms with Gasteiger partial charge in [0.2, 0.25) is 5.88 Å². The fourth-order valence-corrected chi connectivity index (χ4v) is 6.63. The van der Waals surface area contributed by atoms with Gasteiger partial charge in [-0.3, -0.25) is 19.0 Å². The smallest absolute Gasteiger partial charge is 0.329 e. The number of hydrogen-bond acceptors (Lipinski definition) is 7. The molecule has 1 saturated carbocycles. The van der Waals surface area contributed by atoms with Crippen LogP contribution in [0, 0.1) is 17.1 Å². The number of hydrogen-bond donors (Lipinski definition) is 0. The van der Waals surface area contributed by atoms with Gasteiger partial charge < -0.3 is 9.47 Å². The molecule has 40 heavy (non-hydrogen) atoms. The van der Waals surface area contributed by atoms with Gasteiger partial charge in [-0.25, -0.2) is 14.2 Å². The maximum atomic E-state index is 15.7. The van der Waals surface area contributed by atoms with E-state index in [0.717, 1.165) is 63.6 Å². The van der Waals surface area contributed by atoms with Crippen LogP contribution in [-0.4, -0.2) is 56.3 Å². The normalized spacial score (nSPS) is 19.9. The second-order valence-electron chi connectivity index (χ2n) is 11.3. The van der Waals surface area contributed by atoms with Crippen LogP contribution in [0.2, 0.25) is 0 Å². The number of imidazole rings is 1. The monoisotopic (exact) mass is 542 g/mol. The minimum atomic E-state index is -0.451. The predicted molar refractivity (Wildman–Crippen MR) is 148 cm³/mol. The molecule has 1 saturated heterocycles. The Bertz CT molecular complexity index is 1720. The number of piperidine rings is 1. The molecule has 1 atom stereocenters. The van der Waals surface area contributed by atoms with Gasteiger partial charge in [-0.1, -0.05) is 0 Å². The molecule has 0 radical (unpaired) electrons. The fourth-order valence-electron chi connectivity index (χ4n) is 6.63. The Morgan fingerprint density at radius 1 is 1.23 bits per heavy atom. The van der Waals surface area contributed by atoms with Crippen molar-refractivity contribution >= 4 is 21.9 Å². The largest absolute Gasteiger partial charge is 0.490 e. The Labute approximate surface area is 230 Å². The average Bonchev–Trinajstić information content (AvgIpc) is 3.10. The Morgan fingerprint density at radius 3 is 2.85 bits per heavy atom. The molecule has 3 aromatic heterocycles. The number of aryl methyl sites for hydroxylation is 1. The van der Waals surface area contributed by atoms with Crippen molar-refractivity contribution in [3.05, 3.63) is 46.9 Å². The maximum absolute atomic E-state index is 15.7. The van der Waals surface area contributed by atoms with Crippen molar-refractivity contribution in [3.63, 3.8) is 0 Å². The van der Waals surface area contributed by atoms with Gasteiger partial charge in [-0.15, -0.1) is 0 Å². The number of fused-ring (bicyclic) bond motifs is 1. The van der Waals surface area contributed by atoms with Crippen molar-refractivity contribution in [1.29, 1.82) is 5.26 Å². The third kappa shape index (κ3) is 3.79. The lowest BCUT2D eigenvalue weighted by Gasteiger charge is -2.41. The van der Waals surface area contributed by atoms with Gasteiger partial charge >= 0.3 is 5.69 Å². The van der Waals surface area contributed by atoms with Crippen LogP contribution in [0.25, 0.3) is 33.1 Å². The molecular formula is C30H31FN6O3. The van der Waals surface area contributed by atoms with E-state index in [1.807, 2.05) is 4.57 Å². The zero-order chi connectivity index (χ0) is 27.4. The number of pyridine rings is 2. The molecule has 9 nitrogen and oxygen atoms in total. The van der Waals surface area contributed by atoms with Crippen molar-refractivity contribution in [1.82, 2.24) is 24.0 Å². The summed E-state index contributed by atoms with van der Waals surface area (Å²) in [6.07, 6.45) is 9.91. The van der Waals surface area contributed by atoms with Crippen LogP contribution in [0.5, 0.6) is 11.6 Å². The number of ether oxygens (including phenoxy) is 2. The van der Waals surface area contributed by atoms with Crippen molar-refractivity contribution in [2.45, 2.75) is 56.5 Å². The minimum absolute atomic E-state index is 0.00309. The van der Waals surface area contributed by atoms with Crippen molar-refractivity contribution in [2.75, 3.05) is 26.3 Å². The van der Waals surface area contributed by atoms with Gasteiger partial charge in [-0.2, -0.15) is 5.26 Å². The van der Waals surface area contributed by atoms with Crippen LogP contribution in [0.3, 0.4) is 0 Å². The summed E-state index contributed by atoms with van der Waals surface area (Å²) in [6.45, 7) is 2.55. The summed E-state index contributed by atoms with van der Waals surface area (Å²) in [6, 6.07) is 7.34. The minimum Gasteiger partial charge on any atom is -0.490 e. The number of halogens is 1. The fraction of sp³-hybridized carbons (Fsp3) is 0.467. The lowest BCUT2D eigenvalue weighted by molar-refractivity contribution is 0.0719. The van der Waals surface area contributed by atoms with Crippen LogP contribution in [0.1, 0.15) is 44.9 Å². The molecule has 1 spiro atoms. The standard InChI is InChI=1S/C30H31FN6O3/c1-35-23-17-33-22-14-21(31)25(28-26(22)27(23)37(29(35)38)30(18-40-28)9-4-10-30)19-7-8-24(34-16-19)39-13-5-12-36-11-3-2-6-20(36)15-32/h7-8,14,16-17,20H,2-6,9-13,18H2,1H3. The number of aromatic nitrogens is 4. The number of nitriles is 1. The number of benzene rings is 1. The highest BCUT2D eigenvalue weighted by Crippen LogP contribution is 2.48. The average molecular weight is 543 g/mol. The Hall–Kier alpha value is -3.97. The highest BCUT2D eigenvalue weighted by Gasteiger charge is 2.45. The predicted octanol–water partition coefficient (Wildman–Crippen LogP) is 4.51. The summed E-state index contributed by atoms with van der Waals surface area (Å²) in [4.78, 5) is 24.6. The Morgan fingerprint density at radius 2 is 2.10 bits per heavy atom. The maximum Gasteiger partial charge on any atom is 0.329 e. The van der Waals surface area contributed by atoms with Crippen molar-refractivity contribution < 1.29 is 13.9 Å². The molecule has 10 heteroatoms. The summed E-state index contributed by atoms with van der Waals surface area (Å²) < 4.78 is 31.4. The first kappa shape index (κ1) is 25.0. The first-order valence-corrected chi connectivity index (χ1v) is 14.1. The second kappa shape index (κ2) is 9.59. The van der Waals surface area contributed by atoms with Crippen LogP contribution in [0.4, 0.5) is 4.39 Å². The molecule has 7 rings (SSSR count). The molecule has 206 valence electrons. The van der Waals surface area contributed by atoms with Gasteiger partial charge in [0, 0.05) is 37.5 Å². The molecule has 0 bridgehead atoms. The SMILES string of the molecule is Cn1c(=O)n2c3c4c(c(-c5ccc(OCCCN6CCCCC6C#N)nc5)c(F)cc4ncc31)OCC21CCC1. The molecule has 1 aliphatic carbocycles. The van der Waals surface area contributed by atoms with E-state index >= 15 is 4.39 Å². The molecule has 1 aromatic carbocycles.